The second-order valence-electron chi connectivity index (χ2n) is 8.38. The first kappa shape index (κ1) is 23.4. The highest BCUT2D eigenvalue weighted by Crippen LogP contribution is 2.31. The fourth-order valence-electron chi connectivity index (χ4n) is 3.90. The Labute approximate surface area is 201 Å². The monoisotopic (exact) mass is 479 g/mol. The number of carbonyl (C=O) groups excluding carboxylic acids is 2. The van der Waals surface area contributed by atoms with Crippen LogP contribution in [-0.4, -0.2) is 34.8 Å². The first-order chi connectivity index (χ1) is 16.3. The lowest BCUT2D eigenvalue weighted by atomic mass is 9.98. The molecular formula is C24H25N5O4S. The minimum Gasteiger partial charge on any atom is -0.371 e. The van der Waals surface area contributed by atoms with Gasteiger partial charge in [0.25, 0.3) is 11.6 Å². The molecule has 10 heteroatoms. The van der Waals surface area contributed by atoms with Crippen molar-refractivity contribution in [3.05, 3.63) is 63.5 Å². The molecule has 0 atom stereocenters. The summed E-state index contributed by atoms with van der Waals surface area (Å²) in [4.78, 5) is 41.8. The fraction of sp³-hybridized carbons (Fsp3) is 0.292. The van der Waals surface area contributed by atoms with Gasteiger partial charge >= 0.3 is 0 Å². The molecule has 2 N–H and O–H groups in total. The van der Waals surface area contributed by atoms with Gasteiger partial charge in [0.05, 0.1) is 21.9 Å². The standard InChI is InChI=1S/C24H25N5O4S/c1-15-9-11-28(12-10-15)22-8-7-19(29(32)33)13-20(22)23(31)27-24-26-21(14-34-24)17-3-5-18(6-4-17)25-16(2)30/h3-8,13-15H,9-12H2,1-2H3,(H,25,30)(H,26,27,31). The minimum absolute atomic E-state index is 0.127. The molecule has 2 heterocycles. The van der Waals surface area contributed by atoms with Crippen LogP contribution in [0.3, 0.4) is 0 Å². The molecule has 4 rings (SSSR count). The molecule has 0 radical (unpaired) electrons. The number of thiazole rings is 1. The number of piperidine rings is 1. The molecule has 0 unspecified atom stereocenters. The quantitative estimate of drug-likeness (QED) is 0.372. The summed E-state index contributed by atoms with van der Waals surface area (Å²) in [6.07, 6.45) is 2.02. The number of non-ortho nitro benzene ring substituents is 1. The molecule has 1 aliphatic heterocycles. The predicted octanol–water partition coefficient (Wildman–Crippen LogP) is 5.17. The zero-order chi connectivity index (χ0) is 24.2. The van der Waals surface area contributed by atoms with Gasteiger partial charge in [-0.3, -0.25) is 25.0 Å². The Morgan fingerprint density at radius 1 is 1.12 bits per heavy atom. The number of hydrogen-bond acceptors (Lipinski definition) is 7. The van der Waals surface area contributed by atoms with E-state index in [4.69, 9.17) is 0 Å². The number of nitro groups is 1. The number of anilines is 3. The van der Waals surface area contributed by atoms with Gasteiger partial charge in [-0.05, 0) is 37.0 Å². The number of amides is 2. The highest BCUT2D eigenvalue weighted by Gasteiger charge is 2.24. The summed E-state index contributed by atoms with van der Waals surface area (Å²) in [7, 11) is 0. The van der Waals surface area contributed by atoms with Crippen LogP contribution in [0, 0.1) is 16.0 Å². The van der Waals surface area contributed by atoms with Gasteiger partial charge in [0.15, 0.2) is 5.13 Å². The summed E-state index contributed by atoms with van der Waals surface area (Å²) in [5, 5.41) is 19.1. The van der Waals surface area contributed by atoms with E-state index in [1.54, 1.807) is 18.2 Å². The van der Waals surface area contributed by atoms with Crippen LogP contribution in [0.5, 0.6) is 0 Å². The highest BCUT2D eigenvalue weighted by atomic mass is 32.1. The molecule has 34 heavy (non-hydrogen) atoms. The smallest absolute Gasteiger partial charge is 0.270 e. The maximum Gasteiger partial charge on any atom is 0.270 e. The predicted molar refractivity (Wildman–Crippen MR) is 134 cm³/mol. The summed E-state index contributed by atoms with van der Waals surface area (Å²) in [6, 6.07) is 11.7. The average Bonchev–Trinajstić information content (AvgIpc) is 3.27. The molecule has 0 aliphatic carbocycles. The van der Waals surface area contributed by atoms with Crippen LogP contribution in [0.4, 0.5) is 22.2 Å². The van der Waals surface area contributed by atoms with E-state index >= 15 is 0 Å². The SMILES string of the molecule is CC(=O)Nc1ccc(-c2csc(NC(=O)c3cc([N+](=O)[O-])ccc3N3CCC(C)CC3)n2)cc1. The summed E-state index contributed by atoms with van der Waals surface area (Å²) in [5.74, 6) is 0.0397. The first-order valence-electron chi connectivity index (χ1n) is 11.0. The molecule has 1 saturated heterocycles. The Morgan fingerprint density at radius 2 is 1.82 bits per heavy atom. The molecule has 1 aromatic heterocycles. The lowest BCUT2D eigenvalue weighted by molar-refractivity contribution is -0.384. The van der Waals surface area contributed by atoms with Gasteiger partial charge < -0.3 is 10.2 Å². The maximum atomic E-state index is 13.2. The molecule has 1 fully saturated rings. The Kier molecular flexibility index (Phi) is 6.87. The fourth-order valence-corrected chi connectivity index (χ4v) is 4.62. The summed E-state index contributed by atoms with van der Waals surface area (Å²) in [5.41, 5.74) is 3.03. The van der Waals surface area contributed by atoms with Crippen molar-refractivity contribution in [2.75, 3.05) is 28.6 Å². The maximum absolute atomic E-state index is 13.2. The van der Waals surface area contributed by atoms with Crippen LogP contribution >= 0.6 is 11.3 Å². The van der Waals surface area contributed by atoms with Gasteiger partial charge in [0, 0.05) is 48.8 Å². The van der Waals surface area contributed by atoms with Crippen molar-refractivity contribution < 1.29 is 14.5 Å². The molecule has 2 aromatic carbocycles. The number of hydrogen-bond donors (Lipinski definition) is 2. The number of nitro benzene ring substituents is 1. The third-order valence-electron chi connectivity index (χ3n) is 5.79. The van der Waals surface area contributed by atoms with E-state index in [1.807, 2.05) is 17.5 Å². The van der Waals surface area contributed by atoms with Crippen molar-refractivity contribution >= 4 is 45.3 Å². The molecule has 0 saturated carbocycles. The van der Waals surface area contributed by atoms with Crippen molar-refractivity contribution in [1.82, 2.24) is 4.98 Å². The number of carbonyl (C=O) groups is 2. The first-order valence-corrected chi connectivity index (χ1v) is 11.9. The second-order valence-corrected chi connectivity index (χ2v) is 9.24. The minimum atomic E-state index is -0.495. The van der Waals surface area contributed by atoms with Crippen LogP contribution in [0.25, 0.3) is 11.3 Å². The van der Waals surface area contributed by atoms with E-state index in [1.165, 1.54) is 30.4 Å². The summed E-state index contributed by atoms with van der Waals surface area (Å²) < 4.78 is 0. The Morgan fingerprint density at radius 3 is 2.47 bits per heavy atom. The molecular weight excluding hydrogens is 454 g/mol. The van der Waals surface area contributed by atoms with Crippen molar-refractivity contribution in [2.24, 2.45) is 5.92 Å². The number of rotatable bonds is 6. The number of benzene rings is 2. The Balaban J connectivity index is 1.54. The van der Waals surface area contributed by atoms with Crippen molar-refractivity contribution in [3.63, 3.8) is 0 Å². The van der Waals surface area contributed by atoms with E-state index in [0.29, 0.717) is 28.1 Å². The van der Waals surface area contributed by atoms with Gasteiger partial charge in [0.1, 0.15) is 0 Å². The lowest BCUT2D eigenvalue weighted by Gasteiger charge is -2.33. The summed E-state index contributed by atoms with van der Waals surface area (Å²) in [6.45, 7) is 5.25. The molecule has 1 aliphatic rings. The van der Waals surface area contributed by atoms with Crippen LogP contribution in [0.15, 0.2) is 47.8 Å². The van der Waals surface area contributed by atoms with Crippen LogP contribution in [-0.2, 0) is 4.79 Å². The largest absolute Gasteiger partial charge is 0.371 e. The topological polar surface area (TPSA) is 117 Å². The third kappa shape index (κ3) is 5.40. The van der Waals surface area contributed by atoms with E-state index in [2.05, 4.69) is 27.4 Å². The van der Waals surface area contributed by atoms with E-state index in [-0.39, 0.29) is 17.2 Å². The molecule has 2 amide bonds. The van der Waals surface area contributed by atoms with Crippen LogP contribution in [0.2, 0.25) is 0 Å². The van der Waals surface area contributed by atoms with Gasteiger partial charge in [-0.1, -0.05) is 19.1 Å². The van der Waals surface area contributed by atoms with E-state index < -0.39 is 10.8 Å². The molecule has 0 bridgehead atoms. The molecule has 9 nitrogen and oxygen atoms in total. The second kappa shape index (κ2) is 10.0. The Bertz CT molecular complexity index is 1220. The number of nitrogens with zero attached hydrogens (tertiary/aromatic N) is 3. The van der Waals surface area contributed by atoms with Gasteiger partial charge in [0.2, 0.25) is 5.91 Å². The van der Waals surface area contributed by atoms with Crippen LogP contribution in [0.1, 0.15) is 37.0 Å². The molecule has 176 valence electrons. The van der Waals surface area contributed by atoms with Gasteiger partial charge in [-0.15, -0.1) is 11.3 Å². The normalized spacial score (nSPS) is 14.0. The average molecular weight is 480 g/mol. The van der Waals surface area contributed by atoms with E-state index in [9.17, 15) is 19.7 Å². The summed E-state index contributed by atoms with van der Waals surface area (Å²) >= 11 is 1.27. The highest BCUT2D eigenvalue weighted by molar-refractivity contribution is 7.14. The number of nitrogens with one attached hydrogen (secondary N) is 2. The zero-order valence-corrected chi connectivity index (χ0v) is 19.7. The van der Waals surface area contributed by atoms with E-state index in [0.717, 1.165) is 31.5 Å². The molecule has 0 spiro atoms. The number of aromatic nitrogens is 1. The van der Waals surface area contributed by atoms with Gasteiger partial charge in [-0.2, -0.15) is 0 Å². The van der Waals surface area contributed by atoms with Crippen molar-refractivity contribution in [3.8, 4) is 11.3 Å². The van der Waals surface area contributed by atoms with Crippen molar-refractivity contribution in [2.45, 2.75) is 26.7 Å². The van der Waals surface area contributed by atoms with Crippen molar-refractivity contribution in [1.29, 1.82) is 0 Å². The van der Waals surface area contributed by atoms with Crippen LogP contribution < -0.4 is 15.5 Å². The molecule has 3 aromatic rings. The Hall–Kier alpha value is -3.79. The third-order valence-corrected chi connectivity index (χ3v) is 6.54. The zero-order valence-electron chi connectivity index (χ0n) is 18.9. The lowest BCUT2D eigenvalue weighted by Crippen LogP contribution is -2.34. The van der Waals surface area contributed by atoms with Gasteiger partial charge in [-0.25, -0.2) is 4.98 Å².